The number of nitrogens with zero attached hydrogens (tertiary/aromatic N) is 1. The Balaban J connectivity index is 0.000000810. The molecule has 0 fully saturated rings. The van der Waals surface area contributed by atoms with E-state index in [1.165, 1.54) is 11.5 Å². The van der Waals surface area contributed by atoms with Gasteiger partial charge in [-0.3, -0.25) is 0 Å². The van der Waals surface area contributed by atoms with E-state index < -0.39 is 0 Å². The largest absolute Gasteiger partial charge is 1.00 e. The summed E-state index contributed by atoms with van der Waals surface area (Å²) >= 11 is 0. The maximum atomic E-state index is 10.6. The number of hydrogen-bond donors (Lipinski definition) is 0. The molecule has 0 atom stereocenters. The molecule has 0 saturated carbocycles. The van der Waals surface area contributed by atoms with Crippen LogP contribution in [0.4, 0.5) is 0 Å². The molecule has 0 aromatic carbocycles. The second kappa shape index (κ2) is 4.17. The SMILES string of the molecule is CC(=O)[n+]1ccccc1.[Br-]. The molecule has 0 amide bonds. The van der Waals surface area contributed by atoms with Gasteiger partial charge in [-0.2, -0.15) is 0 Å². The molecule has 0 aliphatic heterocycles. The van der Waals surface area contributed by atoms with Crippen LogP contribution < -0.4 is 21.5 Å². The van der Waals surface area contributed by atoms with Crippen LogP contribution in [0.25, 0.3) is 0 Å². The molecule has 0 aliphatic rings. The third kappa shape index (κ3) is 2.27. The molecular weight excluding hydrogens is 194 g/mol. The number of rotatable bonds is 0. The van der Waals surface area contributed by atoms with Gasteiger partial charge in [0.05, 0.1) is 6.92 Å². The lowest BCUT2D eigenvalue weighted by Gasteiger charge is -1.83. The maximum absolute atomic E-state index is 10.6. The summed E-state index contributed by atoms with van der Waals surface area (Å²) in [7, 11) is 0. The summed E-state index contributed by atoms with van der Waals surface area (Å²) in [6, 6.07) is 5.52. The molecule has 0 saturated heterocycles. The van der Waals surface area contributed by atoms with Crippen molar-refractivity contribution in [1.82, 2.24) is 0 Å². The summed E-state index contributed by atoms with van der Waals surface area (Å²) in [5, 5.41) is 0. The number of halogens is 1. The lowest BCUT2D eigenvalue weighted by atomic mass is 10.5. The number of carbonyl (C=O) groups excluding carboxylic acids is 1. The van der Waals surface area contributed by atoms with Crippen LogP contribution in [0.1, 0.15) is 11.7 Å². The van der Waals surface area contributed by atoms with Gasteiger partial charge in [-0.05, 0) is 0 Å². The topological polar surface area (TPSA) is 20.9 Å². The zero-order valence-electron chi connectivity index (χ0n) is 5.62. The average molecular weight is 202 g/mol. The highest BCUT2D eigenvalue weighted by Crippen LogP contribution is 1.75. The van der Waals surface area contributed by atoms with E-state index in [-0.39, 0.29) is 22.9 Å². The van der Waals surface area contributed by atoms with Crippen molar-refractivity contribution in [2.24, 2.45) is 0 Å². The van der Waals surface area contributed by atoms with E-state index in [1.807, 2.05) is 18.2 Å². The standard InChI is InChI=1S/C7H8NO.BrH/c1-7(9)8-5-3-2-4-6-8;/h2-6H,1H3;1H/q+1;/p-1. The van der Waals surface area contributed by atoms with Crippen LogP contribution in [0.5, 0.6) is 0 Å². The molecular formula is C7H8BrNO. The van der Waals surface area contributed by atoms with Gasteiger partial charge in [0, 0.05) is 12.1 Å². The lowest BCUT2D eigenvalue weighted by Crippen LogP contribution is -3.00. The van der Waals surface area contributed by atoms with Crippen LogP contribution >= 0.6 is 0 Å². The third-order valence-corrected chi connectivity index (χ3v) is 1.08. The Morgan fingerprint density at radius 2 is 1.70 bits per heavy atom. The normalized spacial score (nSPS) is 8.10. The number of aromatic nitrogens is 1. The van der Waals surface area contributed by atoms with E-state index >= 15 is 0 Å². The minimum atomic E-state index is 0. The minimum Gasteiger partial charge on any atom is -1.00 e. The zero-order valence-corrected chi connectivity index (χ0v) is 7.21. The van der Waals surface area contributed by atoms with Crippen molar-refractivity contribution in [3.8, 4) is 0 Å². The predicted octanol–water partition coefficient (Wildman–Crippen LogP) is -2.36. The Morgan fingerprint density at radius 1 is 1.20 bits per heavy atom. The van der Waals surface area contributed by atoms with Crippen LogP contribution in [0, 0.1) is 0 Å². The number of pyridine rings is 1. The van der Waals surface area contributed by atoms with E-state index in [2.05, 4.69) is 0 Å². The Kier molecular flexibility index (Phi) is 3.88. The van der Waals surface area contributed by atoms with E-state index in [4.69, 9.17) is 0 Å². The molecule has 0 spiro atoms. The Morgan fingerprint density at radius 3 is 2.00 bits per heavy atom. The zero-order chi connectivity index (χ0) is 6.69. The first-order chi connectivity index (χ1) is 4.30. The summed E-state index contributed by atoms with van der Waals surface area (Å²) in [5.74, 6) is 0.0376. The van der Waals surface area contributed by atoms with E-state index in [0.29, 0.717) is 0 Å². The predicted molar refractivity (Wildman–Crippen MR) is 32.9 cm³/mol. The molecule has 0 radical (unpaired) electrons. The van der Waals surface area contributed by atoms with Gasteiger partial charge in [-0.25, -0.2) is 4.79 Å². The Labute approximate surface area is 70.3 Å². The molecule has 0 bridgehead atoms. The van der Waals surface area contributed by atoms with Crippen molar-refractivity contribution >= 4 is 5.91 Å². The molecule has 2 nitrogen and oxygen atoms in total. The summed E-state index contributed by atoms with van der Waals surface area (Å²) in [6.45, 7) is 1.53. The van der Waals surface area contributed by atoms with Crippen molar-refractivity contribution in [2.75, 3.05) is 0 Å². The molecule has 54 valence electrons. The molecule has 1 rings (SSSR count). The molecule has 1 aromatic heterocycles. The van der Waals surface area contributed by atoms with Crippen molar-refractivity contribution in [3.63, 3.8) is 0 Å². The second-order valence-corrected chi connectivity index (χ2v) is 1.80. The fourth-order valence-electron chi connectivity index (χ4n) is 0.609. The quantitative estimate of drug-likeness (QED) is 0.431. The molecule has 0 N–H and O–H groups in total. The van der Waals surface area contributed by atoms with Gasteiger partial charge >= 0.3 is 5.91 Å². The highest BCUT2D eigenvalue weighted by atomic mass is 79.9. The lowest BCUT2D eigenvalue weighted by molar-refractivity contribution is -0.572. The molecule has 1 heterocycles. The molecule has 3 heteroatoms. The highest BCUT2D eigenvalue weighted by molar-refractivity contribution is 5.62. The van der Waals surface area contributed by atoms with Crippen LogP contribution in [0.2, 0.25) is 0 Å². The summed E-state index contributed by atoms with van der Waals surface area (Å²) in [5.41, 5.74) is 0. The molecule has 0 aliphatic carbocycles. The van der Waals surface area contributed by atoms with Crippen molar-refractivity contribution in [2.45, 2.75) is 6.92 Å². The Hall–Kier alpha value is -0.700. The molecule has 10 heavy (non-hydrogen) atoms. The van der Waals surface area contributed by atoms with Crippen LogP contribution in [0.3, 0.4) is 0 Å². The first-order valence-electron chi connectivity index (χ1n) is 2.78. The van der Waals surface area contributed by atoms with E-state index in [1.54, 1.807) is 12.4 Å². The fourth-order valence-corrected chi connectivity index (χ4v) is 0.609. The Bertz CT molecular complexity index is 210. The van der Waals surface area contributed by atoms with Crippen LogP contribution in [-0.2, 0) is 0 Å². The smallest absolute Gasteiger partial charge is 0.389 e. The van der Waals surface area contributed by atoms with E-state index in [0.717, 1.165) is 0 Å². The van der Waals surface area contributed by atoms with Crippen LogP contribution in [-0.4, -0.2) is 5.91 Å². The van der Waals surface area contributed by atoms with Crippen LogP contribution in [0.15, 0.2) is 30.6 Å². The molecule has 1 aromatic rings. The van der Waals surface area contributed by atoms with Gasteiger partial charge < -0.3 is 17.0 Å². The van der Waals surface area contributed by atoms with Crippen molar-refractivity contribution < 1.29 is 26.3 Å². The molecule has 0 unspecified atom stereocenters. The number of carbonyl (C=O) groups is 1. The fraction of sp³-hybridized carbons (Fsp3) is 0.143. The summed E-state index contributed by atoms with van der Waals surface area (Å²) in [4.78, 5) is 10.6. The summed E-state index contributed by atoms with van der Waals surface area (Å²) < 4.78 is 1.53. The number of hydrogen-bond acceptors (Lipinski definition) is 1. The monoisotopic (exact) mass is 201 g/mol. The van der Waals surface area contributed by atoms with Gasteiger partial charge in [-0.1, -0.05) is 6.07 Å². The second-order valence-electron chi connectivity index (χ2n) is 1.80. The minimum absolute atomic E-state index is 0. The highest BCUT2D eigenvalue weighted by Gasteiger charge is 2.01. The van der Waals surface area contributed by atoms with Gasteiger partial charge in [0.1, 0.15) is 0 Å². The first-order valence-corrected chi connectivity index (χ1v) is 2.78. The first kappa shape index (κ1) is 9.30. The third-order valence-electron chi connectivity index (χ3n) is 1.08. The van der Waals surface area contributed by atoms with Gasteiger partial charge in [-0.15, -0.1) is 4.57 Å². The van der Waals surface area contributed by atoms with Gasteiger partial charge in [0.2, 0.25) is 0 Å². The van der Waals surface area contributed by atoms with Crippen molar-refractivity contribution in [1.29, 1.82) is 0 Å². The van der Waals surface area contributed by atoms with Gasteiger partial charge in [0.15, 0.2) is 12.4 Å². The summed E-state index contributed by atoms with van der Waals surface area (Å²) in [6.07, 6.45) is 3.45. The van der Waals surface area contributed by atoms with E-state index in [9.17, 15) is 4.79 Å². The maximum Gasteiger partial charge on any atom is 0.389 e. The average Bonchev–Trinajstić information content (AvgIpc) is 1.90. The van der Waals surface area contributed by atoms with Gasteiger partial charge in [0.25, 0.3) is 0 Å². The van der Waals surface area contributed by atoms with Crippen molar-refractivity contribution in [3.05, 3.63) is 30.6 Å².